The van der Waals surface area contributed by atoms with Gasteiger partial charge in [-0.1, -0.05) is 12.1 Å². The van der Waals surface area contributed by atoms with Crippen molar-refractivity contribution in [2.24, 2.45) is 0 Å². The molecule has 0 saturated carbocycles. The highest BCUT2D eigenvalue weighted by molar-refractivity contribution is 7.71. The van der Waals surface area contributed by atoms with Gasteiger partial charge in [0.2, 0.25) is 5.91 Å². The van der Waals surface area contributed by atoms with Gasteiger partial charge in [0.05, 0.1) is 13.4 Å². The maximum absolute atomic E-state index is 12.6. The molecule has 0 fully saturated rings. The molecule has 0 aliphatic rings. The topological polar surface area (TPSA) is 114 Å². The first-order chi connectivity index (χ1) is 16.0. The van der Waals surface area contributed by atoms with E-state index in [9.17, 15) is 9.59 Å². The molecule has 2 heterocycles. The van der Waals surface area contributed by atoms with Crippen LogP contribution in [0.5, 0.6) is 5.75 Å². The number of anilines is 1. The molecule has 33 heavy (non-hydrogen) atoms. The molecule has 0 aliphatic heterocycles. The number of furan rings is 1. The summed E-state index contributed by atoms with van der Waals surface area (Å²) in [5.41, 5.74) is 2.23. The lowest BCUT2D eigenvalue weighted by Gasteiger charge is -2.10. The fraction of sp³-hybridized carbons (Fsp3) is 0.130. The molecule has 2 amide bonds. The lowest BCUT2D eigenvalue weighted by molar-refractivity contribution is -0.121. The fourth-order valence-electron chi connectivity index (χ4n) is 3.18. The highest BCUT2D eigenvalue weighted by Crippen LogP contribution is 2.21. The Balaban J connectivity index is 1.39. The second-order valence-corrected chi connectivity index (χ2v) is 7.46. The Bertz CT molecular complexity index is 1310. The molecular weight excluding hydrogens is 442 g/mol. The van der Waals surface area contributed by atoms with Crippen LogP contribution in [-0.4, -0.2) is 33.7 Å². The van der Waals surface area contributed by atoms with E-state index in [2.05, 4.69) is 20.8 Å². The first-order valence-electron chi connectivity index (χ1n) is 10.0. The molecule has 0 bridgehead atoms. The fourth-order valence-corrected chi connectivity index (χ4v) is 3.38. The van der Waals surface area contributed by atoms with E-state index in [1.807, 2.05) is 30.3 Å². The number of ether oxygens (including phenoxy) is 1. The highest BCUT2D eigenvalue weighted by Gasteiger charge is 2.13. The van der Waals surface area contributed by atoms with Crippen molar-refractivity contribution >= 4 is 29.7 Å². The average molecular weight is 464 g/mol. The van der Waals surface area contributed by atoms with Crippen LogP contribution in [-0.2, 0) is 17.9 Å². The number of aromatic nitrogens is 3. The van der Waals surface area contributed by atoms with Crippen molar-refractivity contribution in [2.45, 2.75) is 13.1 Å². The molecule has 0 radical (unpaired) electrons. The second-order valence-electron chi connectivity index (χ2n) is 7.08. The van der Waals surface area contributed by atoms with Crippen LogP contribution >= 0.6 is 12.2 Å². The SMILES string of the molecule is COc1ccc(-c2n[nH]c(=S)n2CC(=O)NCc2cccc(NC(=O)c3ccco3)c2)cc1. The second kappa shape index (κ2) is 9.96. The molecule has 0 aliphatic carbocycles. The molecule has 0 unspecified atom stereocenters. The van der Waals surface area contributed by atoms with Crippen LogP contribution < -0.4 is 15.4 Å². The summed E-state index contributed by atoms with van der Waals surface area (Å²) in [6.45, 7) is 0.290. The number of carbonyl (C=O) groups is 2. The van der Waals surface area contributed by atoms with E-state index < -0.39 is 0 Å². The quantitative estimate of drug-likeness (QED) is 0.343. The van der Waals surface area contributed by atoms with Gasteiger partial charge in [-0.05, 0) is 66.3 Å². The summed E-state index contributed by atoms with van der Waals surface area (Å²) >= 11 is 5.30. The van der Waals surface area contributed by atoms with Gasteiger partial charge in [-0.25, -0.2) is 0 Å². The lowest BCUT2D eigenvalue weighted by atomic mass is 10.2. The largest absolute Gasteiger partial charge is 0.497 e. The van der Waals surface area contributed by atoms with Crippen LogP contribution in [0.2, 0.25) is 0 Å². The van der Waals surface area contributed by atoms with Crippen molar-refractivity contribution in [1.82, 2.24) is 20.1 Å². The van der Waals surface area contributed by atoms with Gasteiger partial charge in [0.15, 0.2) is 16.4 Å². The van der Waals surface area contributed by atoms with Crippen LogP contribution in [0.4, 0.5) is 5.69 Å². The summed E-state index contributed by atoms with van der Waals surface area (Å²) in [4.78, 5) is 24.8. The van der Waals surface area contributed by atoms with E-state index in [4.69, 9.17) is 21.4 Å². The van der Waals surface area contributed by atoms with E-state index in [0.29, 0.717) is 16.3 Å². The molecule has 2 aromatic heterocycles. The van der Waals surface area contributed by atoms with Crippen LogP contribution in [0.3, 0.4) is 0 Å². The smallest absolute Gasteiger partial charge is 0.291 e. The third-order valence-electron chi connectivity index (χ3n) is 4.83. The van der Waals surface area contributed by atoms with E-state index in [1.165, 1.54) is 6.26 Å². The molecule has 0 saturated heterocycles. The van der Waals surface area contributed by atoms with E-state index in [0.717, 1.165) is 16.9 Å². The van der Waals surface area contributed by atoms with Gasteiger partial charge in [-0.3, -0.25) is 19.3 Å². The lowest BCUT2D eigenvalue weighted by Crippen LogP contribution is -2.27. The van der Waals surface area contributed by atoms with Crippen LogP contribution in [0.1, 0.15) is 16.1 Å². The minimum absolute atomic E-state index is 0.00557. The standard InChI is InChI=1S/C23H21N5O4S/c1-31-18-9-7-16(8-10-18)21-26-27-23(33)28(21)14-20(29)24-13-15-4-2-5-17(12-15)25-22(30)19-6-3-11-32-19/h2-12H,13-14H2,1H3,(H,24,29)(H,25,30)(H,27,33). The van der Waals surface area contributed by atoms with Crippen molar-refractivity contribution in [3.05, 3.63) is 83.0 Å². The molecule has 0 atom stereocenters. The zero-order valence-corrected chi connectivity index (χ0v) is 18.5. The van der Waals surface area contributed by atoms with Gasteiger partial charge in [0.25, 0.3) is 5.91 Å². The average Bonchev–Trinajstić information content (AvgIpc) is 3.49. The number of carbonyl (C=O) groups excluding carboxylic acids is 2. The summed E-state index contributed by atoms with van der Waals surface area (Å²) < 4.78 is 12.3. The number of hydrogen-bond acceptors (Lipinski definition) is 6. The minimum Gasteiger partial charge on any atom is -0.497 e. The van der Waals surface area contributed by atoms with Gasteiger partial charge >= 0.3 is 0 Å². The van der Waals surface area contributed by atoms with Gasteiger partial charge in [-0.2, -0.15) is 5.10 Å². The molecular formula is C23H21N5O4S. The molecule has 168 valence electrons. The normalized spacial score (nSPS) is 10.6. The van der Waals surface area contributed by atoms with Crippen molar-refractivity contribution in [3.8, 4) is 17.1 Å². The van der Waals surface area contributed by atoms with Crippen LogP contribution in [0.25, 0.3) is 11.4 Å². The summed E-state index contributed by atoms with van der Waals surface area (Å²) in [5.74, 6) is 0.923. The van der Waals surface area contributed by atoms with Crippen molar-refractivity contribution in [3.63, 3.8) is 0 Å². The summed E-state index contributed by atoms with van der Waals surface area (Å²) in [7, 11) is 1.60. The van der Waals surface area contributed by atoms with E-state index >= 15 is 0 Å². The monoisotopic (exact) mass is 463 g/mol. The number of aromatic amines is 1. The Morgan fingerprint density at radius 3 is 2.70 bits per heavy atom. The molecule has 9 nitrogen and oxygen atoms in total. The number of benzene rings is 2. The zero-order valence-electron chi connectivity index (χ0n) is 17.7. The van der Waals surface area contributed by atoms with Crippen molar-refractivity contribution < 1.29 is 18.7 Å². The number of rotatable bonds is 8. The van der Waals surface area contributed by atoms with Crippen molar-refractivity contribution in [2.75, 3.05) is 12.4 Å². The Morgan fingerprint density at radius 2 is 1.97 bits per heavy atom. The first-order valence-corrected chi connectivity index (χ1v) is 10.4. The summed E-state index contributed by atoms with van der Waals surface area (Å²) in [6.07, 6.45) is 1.44. The molecule has 3 N–H and O–H groups in total. The number of nitrogens with one attached hydrogen (secondary N) is 3. The van der Waals surface area contributed by atoms with E-state index in [-0.39, 0.29) is 30.7 Å². The third-order valence-corrected chi connectivity index (χ3v) is 5.14. The Hall–Kier alpha value is -4.18. The predicted octanol–water partition coefficient (Wildman–Crippen LogP) is 3.78. The maximum Gasteiger partial charge on any atom is 0.291 e. The summed E-state index contributed by atoms with van der Waals surface area (Å²) in [5, 5.41) is 12.6. The first kappa shape index (κ1) is 22.0. The van der Waals surface area contributed by atoms with Crippen LogP contribution in [0, 0.1) is 4.77 Å². The number of H-pyrrole nitrogens is 1. The molecule has 4 aromatic rings. The molecule has 0 spiro atoms. The third kappa shape index (κ3) is 5.36. The maximum atomic E-state index is 12.6. The van der Waals surface area contributed by atoms with Gasteiger partial charge in [-0.15, -0.1) is 0 Å². The minimum atomic E-state index is -0.346. The number of amides is 2. The molecule has 4 rings (SSSR count). The van der Waals surface area contributed by atoms with Crippen LogP contribution in [0.15, 0.2) is 71.3 Å². The van der Waals surface area contributed by atoms with Gasteiger partial charge in [0, 0.05) is 17.8 Å². The predicted molar refractivity (Wildman–Crippen MR) is 124 cm³/mol. The molecule has 2 aromatic carbocycles. The Labute approximate surface area is 194 Å². The highest BCUT2D eigenvalue weighted by atomic mass is 32.1. The van der Waals surface area contributed by atoms with Gasteiger partial charge in [0.1, 0.15) is 12.3 Å². The van der Waals surface area contributed by atoms with Crippen molar-refractivity contribution in [1.29, 1.82) is 0 Å². The Kier molecular flexibility index (Phi) is 6.65. The van der Waals surface area contributed by atoms with Gasteiger partial charge < -0.3 is 19.8 Å². The number of methoxy groups -OCH3 is 1. The summed E-state index contributed by atoms with van der Waals surface area (Å²) in [6, 6.07) is 17.8. The number of hydrogen-bond donors (Lipinski definition) is 3. The zero-order chi connectivity index (χ0) is 23.2. The Morgan fingerprint density at radius 1 is 1.15 bits per heavy atom. The van der Waals surface area contributed by atoms with E-state index in [1.54, 1.807) is 42.0 Å². The number of nitrogens with zero attached hydrogens (tertiary/aromatic N) is 2. The molecule has 10 heteroatoms.